The monoisotopic (exact) mass is 801 g/mol. The minimum absolute atomic E-state index is 0.0879. The number of amides is 2. The fourth-order valence-corrected chi connectivity index (χ4v) is 7.48. The lowest BCUT2D eigenvalue weighted by Gasteiger charge is -2.32. The Labute approximate surface area is 323 Å². The number of carboxylic acids is 1. The van der Waals surface area contributed by atoms with Gasteiger partial charge in [-0.2, -0.15) is 13.2 Å². The van der Waals surface area contributed by atoms with Crippen molar-refractivity contribution in [2.75, 3.05) is 29.5 Å². The maximum atomic E-state index is 14.9. The van der Waals surface area contributed by atoms with Gasteiger partial charge in [-0.05, 0) is 119 Å². The molecule has 2 amide bonds. The Morgan fingerprint density at radius 3 is 2.29 bits per heavy atom. The fourth-order valence-electron chi connectivity index (χ4n) is 6.19. The number of nitrogens with two attached hydrogens (primary N) is 1. The SMILES string of the molecule is CCOc1cc([C@H](Nc2ccc3c(N)nccc3c2)C(=O)N2CCC[C@H]2c2cc(NC(C)=O)ccc2S(=O)(=O)C(C)C)ccc1OC(C)C.O=C(O)C(F)(F)F. The molecule has 2 heterocycles. The molecule has 13 nitrogen and oxygen atoms in total. The first kappa shape index (κ1) is 43.2. The van der Waals surface area contributed by atoms with E-state index in [0.29, 0.717) is 65.8 Å². The van der Waals surface area contributed by atoms with Crippen LogP contribution in [-0.2, 0) is 24.2 Å². The van der Waals surface area contributed by atoms with E-state index in [2.05, 4.69) is 15.6 Å². The standard InChI is InChI=1S/C37H45N5O6S.C2HF3O2/c1-7-47-33-20-26(10-14-32(33)48-22(2)3)35(41-27-11-13-29-25(19-27)16-17-39-36(29)38)37(44)42-18-8-9-31(42)30-21-28(40-24(6)43)12-15-34(30)49(45,46)23(4)5;3-2(4,5)1(6)7/h10-17,19-23,31,35,41H,7-9,18H2,1-6H3,(H2,38,39)(H,40,43);(H,6,7)/t31-,35-;/m0./s1. The Morgan fingerprint density at radius 2 is 1.68 bits per heavy atom. The summed E-state index contributed by atoms with van der Waals surface area (Å²) in [5.41, 5.74) is 8.38. The van der Waals surface area contributed by atoms with Gasteiger partial charge < -0.3 is 35.8 Å². The number of ether oxygens (including phenoxy) is 2. The number of fused-ring (bicyclic) bond motifs is 1. The summed E-state index contributed by atoms with van der Waals surface area (Å²) >= 11 is 0. The molecule has 1 aliphatic rings. The Kier molecular flexibility index (Phi) is 13.8. The quantitative estimate of drug-likeness (QED) is 0.113. The van der Waals surface area contributed by atoms with Crippen LogP contribution in [0.15, 0.2) is 71.8 Å². The smallest absolute Gasteiger partial charge is 0.490 e. The molecule has 2 atom stereocenters. The van der Waals surface area contributed by atoms with E-state index in [1.807, 2.05) is 57.2 Å². The molecule has 17 heteroatoms. The topological polar surface area (TPSA) is 190 Å². The van der Waals surface area contributed by atoms with Crippen LogP contribution in [0.3, 0.4) is 0 Å². The molecule has 0 saturated carbocycles. The number of carbonyl (C=O) groups excluding carboxylic acids is 2. The van der Waals surface area contributed by atoms with Crippen LogP contribution in [0.25, 0.3) is 10.8 Å². The zero-order chi connectivity index (χ0) is 41.5. The summed E-state index contributed by atoms with van der Waals surface area (Å²) in [6.45, 7) is 11.2. The number of hydrogen-bond acceptors (Lipinski definition) is 10. The van der Waals surface area contributed by atoms with Gasteiger partial charge in [-0.3, -0.25) is 9.59 Å². The van der Waals surface area contributed by atoms with Gasteiger partial charge in [0.25, 0.3) is 0 Å². The molecule has 1 fully saturated rings. The Balaban J connectivity index is 0.000000908. The van der Waals surface area contributed by atoms with Gasteiger partial charge in [0.2, 0.25) is 11.8 Å². The van der Waals surface area contributed by atoms with E-state index in [-0.39, 0.29) is 22.8 Å². The number of rotatable bonds is 12. The van der Waals surface area contributed by atoms with Crippen LogP contribution in [0.5, 0.6) is 11.5 Å². The maximum Gasteiger partial charge on any atom is 0.490 e. The number of hydrogen-bond donors (Lipinski definition) is 4. The molecule has 3 aromatic carbocycles. The normalized spacial score (nSPS) is 14.9. The van der Waals surface area contributed by atoms with Crippen molar-refractivity contribution in [3.8, 4) is 11.5 Å². The molecule has 0 unspecified atom stereocenters. The van der Waals surface area contributed by atoms with Crippen LogP contribution in [0.2, 0.25) is 0 Å². The van der Waals surface area contributed by atoms with Crippen LogP contribution in [0.4, 0.5) is 30.4 Å². The number of nitrogen functional groups attached to an aromatic ring is 1. The van der Waals surface area contributed by atoms with Crippen LogP contribution in [-0.4, -0.2) is 71.9 Å². The van der Waals surface area contributed by atoms with Crippen molar-refractivity contribution in [1.82, 2.24) is 9.88 Å². The van der Waals surface area contributed by atoms with Gasteiger partial charge in [0.15, 0.2) is 21.3 Å². The molecule has 4 aromatic rings. The van der Waals surface area contributed by atoms with E-state index in [1.165, 1.54) is 13.0 Å². The summed E-state index contributed by atoms with van der Waals surface area (Å²) in [5.74, 6) is -1.79. The number of nitrogens with zero attached hydrogens (tertiary/aromatic N) is 2. The number of anilines is 3. The van der Waals surface area contributed by atoms with Crippen molar-refractivity contribution in [2.24, 2.45) is 0 Å². The van der Waals surface area contributed by atoms with Crippen LogP contribution in [0, 0.1) is 0 Å². The second-order valence-corrected chi connectivity index (χ2v) is 16.0. The second-order valence-electron chi connectivity index (χ2n) is 13.5. The molecule has 5 N–H and O–H groups in total. The molecule has 0 bridgehead atoms. The molecule has 56 heavy (non-hydrogen) atoms. The lowest BCUT2D eigenvalue weighted by atomic mass is 10.00. The molecular weight excluding hydrogens is 756 g/mol. The minimum Gasteiger partial charge on any atom is -0.490 e. The highest BCUT2D eigenvalue weighted by molar-refractivity contribution is 7.92. The highest BCUT2D eigenvalue weighted by atomic mass is 32.2. The first-order valence-electron chi connectivity index (χ1n) is 17.8. The Bertz CT molecular complexity index is 2180. The van der Waals surface area contributed by atoms with Crippen molar-refractivity contribution in [3.05, 3.63) is 78.0 Å². The predicted octanol–water partition coefficient (Wildman–Crippen LogP) is 7.29. The van der Waals surface area contributed by atoms with Crippen molar-refractivity contribution in [2.45, 2.75) is 88.9 Å². The van der Waals surface area contributed by atoms with E-state index in [9.17, 15) is 31.2 Å². The number of benzene rings is 3. The summed E-state index contributed by atoms with van der Waals surface area (Å²) in [6.07, 6.45) is -2.31. The molecular formula is C39H46F3N5O8S. The highest BCUT2D eigenvalue weighted by Gasteiger charge is 2.39. The number of carbonyl (C=O) groups is 3. The molecule has 5 rings (SSSR count). The second kappa shape index (κ2) is 17.9. The van der Waals surface area contributed by atoms with E-state index >= 15 is 0 Å². The third-order valence-corrected chi connectivity index (χ3v) is 10.9. The van der Waals surface area contributed by atoms with Gasteiger partial charge >= 0.3 is 12.1 Å². The Morgan fingerprint density at radius 1 is 1.00 bits per heavy atom. The summed E-state index contributed by atoms with van der Waals surface area (Å²) < 4.78 is 70.9. The summed E-state index contributed by atoms with van der Waals surface area (Å²) in [7, 11) is -3.72. The highest BCUT2D eigenvalue weighted by Crippen LogP contribution is 2.41. The average molecular weight is 802 g/mol. The summed E-state index contributed by atoms with van der Waals surface area (Å²) in [6, 6.07) is 16.3. The minimum atomic E-state index is -5.08. The van der Waals surface area contributed by atoms with E-state index in [4.69, 9.17) is 25.1 Å². The van der Waals surface area contributed by atoms with E-state index in [0.717, 1.165) is 10.8 Å². The summed E-state index contributed by atoms with van der Waals surface area (Å²) in [5, 5.41) is 14.3. The van der Waals surface area contributed by atoms with Gasteiger partial charge in [-0.15, -0.1) is 0 Å². The van der Waals surface area contributed by atoms with Crippen molar-refractivity contribution in [3.63, 3.8) is 0 Å². The average Bonchev–Trinajstić information content (AvgIpc) is 3.61. The van der Waals surface area contributed by atoms with Crippen LogP contribution >= 0.6 is 0 Å². The number of alkyl halides is 3. The van der Waals surface area contributed by atoms with Crippen molar-refractivity contribution in [1.29, 1.82) is 0 Å². The zero-order valence-corrected chi connectivity index (χ0v) is 32.6. The fraction of sp³-hybridized carbons (Fsp3) is 0.385. The zero-order valence-electron chi connectivity index (χ0n) is 31.8. The van der Waals surface area contributed by atoms with Gasteiger partial charge in [-0.1, -0.05) is 6.07 Å². The number of pyridine rings is 1. The van der Waals surface area contributed by atoms with Crippen molar-refractivity contribution >= 4 is 55.6 Å². The number of carboxylic acid groups (broad SMARTS) is 1. The number of aromatic nitrogens is 1. The number of sulfone groups is 1. The van der Waals surface area contributed by atoms with Gasteiger partial charge in [0.1, 0.15) is 11.9 Å². The first-order chi connectivity index (χ1) is 26.2. The Hall–Kier alpha value is -5.58. The number of halogens is 3. The lowest BCUT2D eigenvalue weighted by molar-refractivity contribution is -0.192. The van der Waals surface area contributed by atoms with Gasteiger partial charge in [-0.25, -0.2) is 18.2 Å². The largest absolute Gasteiger partial charge is 0.490 e. The molecule has 0 radical (unpaired) electrons. The molecule has 0 spiro atoms. The third kappa shape index (κ3) is 10.4. The van der Waals surface area contributed by atoms with Gasteiger partial charge in [0, 0.05) is 36.4 Å². The molecule has 0 aliphatic carbocycles. The predicted molar refractivity (Wildman–Crippen MR) is 206 cm³/mol. The molecule has 302 valence electrons. The number of nitrogens with one attached hydrogen (secondary N) is 2. The maximum absolute atomic E-state index is 14.9. The molecule has 1 aliphatic heterocycles. The molecule has 1 aromatic heterocycles. The van der Waals surface area contributed by atoms with E-state index < -0.39 is 39.3 Å². The third-order valence-electron chi connectivity index (χ3n) is 8.71. The van der Waals surface area contributed by atoms with Crippen molar-refractivity contribution < 1.29 is 50.6 Å². The number of aliphatic carboxylic acids is 1. The van der Waals surface area contributed by atoms with Crippen LogP contribution in [0.1, 0.15) is 77.6 Å². The summed E-state index contributed by atoms with van der Waals surface area (Å²) in [4.78, 5) is 41.8. The van der Waals surface area contributed by atoms with E-state index in [1.54, 1.807) is 43.1 Å². The first-order valence-corrected chi connectivity index (χ1v) is 19.4. The van der Waals surface area contributed by atoms with Crippen LogP contribution < -0.4 is 25.8 Å². The lowest BCUT2D eigenvalue weighted by Crippen LogP contribution is -2.38. The molecule has 1 saturated heterocycles. The number of likely N-dealkylation sites (tertiary alicyclic amines) is 1. The van der Waals surface area contributed by atoms with Gasteiger partial charge in [0.05, 0.1) is 28.9 Å².